The predicted octanol–water partition coefficient (Wildman–Crippen LogP) is 2.57. The van der Waals surface area contributed by atoms with Crippen LogP contribution in [0.5, 0.6) is 0 Å². The smallest absolute Gasteiger partial charge is 0.191 e. The normalized spacial score (nSPS) is 10.3. The SMILES string of the molecule is CCCOCC(=O)c1cccc(F)c1F. The Kier molecular flexibility index (Phi) is 4.37. The van der Waals surface area contributed by atoms with Gasteiger partial charge in [-0.3, -0.25) is 4.79 Å². The molecule has 1 rings (SSSR count). The van der Waals surface area contributed by atoms with Crippen molar-refractivity contribution in [3.8, 4) is 0 Å². The minimum atomic E-state index is -1.11. The van der Waals surface area contributed by atoms with Crippen LogP contribution < -0.4 is 0 Å². The first kappa shape index (κ1) is 11.8. The van der Waals surface area contributed by atoms with E-state index in [4.69, 9.17) is 4.74 Å². The summed E-state index contributed by atoms with van der Waals surface area (Å²) in [5, 5.41) is 0. The molecule has 1 aromatic carbocycles. The molecule has 15 heavy (non-hydrogen) atoms. The molecule has 0 aliphatic heterocycles. The number of hydrogen-bond donors (Lipinski definition) is 0. The Morgan fingerprint density at radius 3 is 2.80 bits per heavy atom. The third kappa shape index (κ3) is 3.09. The van der Waals surface area contributed by atoms with E-state index in [0.717, 1.165) is 12.5 Å². The Morgan fingerprint density at radius 2 is 2.13 bits per heavy atom. The van der Waals surface area contributed by atoms with Gasteiger partial charge in [-0.25, -0.2) is 8.78 Å². The summed E-state index contributed by atoms with van der Waals surface area (Å²) >= 11 is 0. The van der Waals surface area contributed by atoms with Crippen molar-refractivity contribution in [1.82, 2.24) is 0 Å². The van der Waals surface area contributed by atoms with Gasteiger partial charge in [0.15, 0.2) is 17.4 Å². The maximum absolute atomic E-state index is 13.1. The van der Waals surface area contributed by atoms with E-state index in [-0.39, 0.29) is 12.2 Å². The first-order valence-corrected chi connectivity index (χ1v) is 4.71. The van der Waals surface area contributed by atoms with Crippen molar-refractivity contribution < 1.29 is 18.3 Å². The lowest BCUT2D eigenvalue weighted by molar-refractivity contribution is 0.0756. The lowest BCUT2D eigenvalue weighted by Gasteiger charge is -2.03. The Labute approximate surface area is 86.9 Å². The molecule has 0 aliphatic carbocycles. The van der Waals surface area contributed by atoms with Crippen molar-refractivity contribution in [2.75, 3.05) is 13.2 Å². The quantitative estimate of drug-likeness (QED) is 0.556. The molecular formula is C11H12F2O2. The monoisotopic (exact) mass is 214 g/mol. The summed E-state index contributed by atoms with van der Waals surface area (Å²) in [5.41, 5.74) is -0.258. The topological polar surface area (TPSA) is 26.3 Å². The third-order valence-corrected chi connectivity index (χ3v) is 1.83. The number of benzene rings is 1. The van der Waals surface area contributed by atoms with E-state index < -0.39 is 17.4 Å². The van der Waals surface area contributed by atoms with Crippen molar-refractivity contribution in [3.05, 3.63) is 35.4 Å². The Balaban J connectivity index is 2.69. The number of halogens is 2. The Bertz CT molecular complexity index is 350. The molecular weight excluding hydrogens is 202 g/mol. The van der Waals surface area contributed by atoms with Crippen molar-refractivity contribution in [1.29, 1.82) is 0 Å². The van der Waals surface area contributed by atoms with Gasteiger partial charge < -0.3 is 4.74 Å². The Hall–Kier alpha value is -1.29. The van der Waals surface area contributed by atoms with E-state index in [2.05, 4.69) is 0 Å². The van der Waals surface area contributed by atoms with Crippen LogP contribution in [0.1, 0.15) is 23.7 Å². The molecule has 0 fully saturated rings. The minimum absolute atomic E-state index is 0.214. The van der Waals surface area contributed by atoms with Crippen molar-refractivity contribution in [3.63, 3.8) is 0 Å². The molecule has 0 atom stereocenters. The number of carbonyl (C=O) groups is 1. The highest BCUT2D eigenvalue weighted by atomic mass is 19.2. The third-order valence-electron chi connectivity index (χ3n) is 1.83. The molecule has 1 aromatic rings. The van der Waals surface area contributed by atoms with Gasteiger partial charge in [-0.1, -0.05) is 13.0 Å². The summed E-state index contributed by atoms with van der Waals surface area (Å²) in [6.07, 6.45) is 0.777. The van der Waals surface area contributed by atoms with Crippen LogP contribution in [0.3, 0.4) is 0 Å². The van der Waals surface area contributed by atoms with Crippen LogP contribution in [0.4, 0.5) is 8.78 Å². The van der Waals surface area contributed by atoms with Crippen molar-refractivity contribution in [2.45, 2.75) is 13.3 Å². The number of carbonyl (C=O) groups excluding carboxylic acids is 1. The summed E-state index contributed by atoms with van der Waals surface area (Å²) < 4.78 is 30.8. The molecule has 0 unspecified atom stereocenters. The zero-order chi connectivity index (χ0) is 11.3. The second-order valence-corrected chi connectivity index (χ2v) is 3.08. The largest absolute Gasteiger partial charge is 0.373 e. The predicted molar refractivity (Wildman–Crippen MR) is 51.8 cm³/mol. The molecule has 0 saturated heterocycles. The summed E-state index contributed by atoms with van der Waals surface area (Å²) in [6, 6.07) is 3.51. The second kappa shape index (κ2) is 5.56. The van der Waals surface area contributed by atoms with E-state index in [9.17, 15) is 13.6 Å². The van der Waals surface area contributed by atoms with E-state index in [0.29, 0.717) is 6.61 Å². The van der Waals surface area contributed by atoms with Crippen molar-refractivity contribution in [2.24, 2.45) is 0 Å². The Morgan fingerprint density at radius 1 is 1.40 bits per heavy atom. The van der Waals surface area contributed by atoms with Crippen LogP contribution >= 0.6 is 0 Å². The van der Waals surface area contributed by atoms with E-state index in [1.807, 2.05) is 6.92 Å². The van der Waals surface area contributed by atoms with Crippen LogP contribution in [0.15, 0.2) is 18.2 Å². The van der Waals surface area contributed by atoms with Gasteiger partial charge in [0.05, 0.1) is 5.56 Å². The van der Waals surface area contributed by atoms with Crippen LogP contribution in [0.2, 0.25) is 0 Å². The van der Waals surface area contributed by atoms with Crippen LogP contribution in [-0.2, 0) is 4.74 Å². The van der Waals surface area contributed by atoms with E-state index >= 15 is 0 Å². The summed E-state index contributed by atoms with van der Waals surface area (Å²) in [4.78, 5) is 11.4. The van der Waals surface area contributed by atoms with Gasteiger partial charge in [0.1, 0.15) is 6.61 Å². The fraction of sp³-hybridized carbons (Fsp3) is 0.364. The van der Waals surface area contributed by atoms with Gasteiger partial charge in [-0.15, -0.1) is 0 Å². The fourth-order valence-electron chi connectivity index (χ4n) is 1.11. The van der Waals surface area contributed by atoms with Crippen LogP contribution in [0, 0.1) is 11.6 Å². The molecule has 2 nitrogen and oxygen atoms in total. The van der Waals surface area contributed by atoms with Gasteiger partial charge in [-0.05, 0) is 18.6 Å². The molecule has 0 heterocycles. The molecule has 4 heteroatoms. The highest BCUT2D eigenvalue weighted by molar-refractivity contribution is 5.97. The van der Waals surface area contributed by atoms with Crippen molar-refractivity contribution >= 4 is 5.78 Å². The van der Waals surface area contributed by atoms with E-state index in [1.54, 1.807) is 0 Å². The standard InChI is InChI=1S/C11H12F2O2/c1-2-6-15-7-10(14)8-4-3-5-9(12)11(8)13/h3-5H,2,6-7H2,1H3. The molecule has 0 bridgehead atoms. The number of ether oxygens (including phenoxy) is 1. The number of hydrogen-bond acceptors (Lipinski definition) is 2. The lowest BCUT2D eigenvalue weighted by Crippen LogP contribution is -2.12. The maximum atomic E-state index is 13.1. The highest BCUT2D eigenvalue weighted by Crippen LogP contribution is 2.11. The summed E-state index contributed by atoms with van der Waals surface area (Å²) in [5.74, 6) is -2.67. The first-order valence-electron chi connectivity index (χ1n) is 4.71. The van der Waals surface area contributed by atoms with Crippen LogP contribution in [-0.4, -0.2) is 19.0 Å². The maximum Gasteiger partial charge on any atom is 0.191 e. The molecule has 0 aliphatic rings. The molecule has 0 radical (unpaired) electrons. The van der Waals surface area contributed by atoms with Gasteiger partial charge in [0, 0.05) is 6.61 Å². The number of ketones is 1. The molecule has 0 saturated carbocycles. The van der Waals surface area contributed by atoms with Gasteiger partial charge in [-0.2, -0.15) is 0 Å². The number of rotatable bonds is 5. The number of Topliss-reactive ketones (excluding diaryl/α,β-unsaturated/α-hetero) is 1. The molecule has 82 valence electrons. The zero-order valence-electron chi connectivity index (χ0n) is 8.43. The molecule has 0 spiro atoms. The van der Waals surface area contributed by atoms with E-state index in [1.165, 1.54) is 12.1 Å². The first-order chi connectivity index (χ1) is 7.16. The zero-order valence-corrected chi connectivity index (χ0v) is 8.43. The molecule has 0 aromatic heterocycles. The van der Waals surface area contributed by atoms with Gasteiger partial charge in [0.2, 0.25) is 0 Å². The van der Waals surface area contributed by atoms with Crippen LogP contribution in [0.25, 0.3) is 0 Å². The molecule has 0 N–H and O–H groups in total. The lowest BCUT2D eigenvalue weighted by atomic mass is 10.1. The molecule has 0 amide bonds. The van der Waals surface area contributed by atoms with Gasteiger partial charge >= 0.3 is 0 Å². The average Bonchev–Trinajstić information content (AvgIpc) is 2.22. The highest BCUT2D eigenvalue weighted by Gasteiger charge is 2.14. The average molecular weight is 214 g/mol. The second-order valence-electron chi connectivity index (χ2n) is 3.08. The minimum Gasteiger partial charge on any atom is -0.373 e. The van der Waals surface area contributed by atoms with Gasteiger partial charge in [0.25, 0.3) is 0 Å². The summed E-state index contributed by atoms with van der Waals surface area (Å²) in [6.45, 7) is 2.12. The summed E-state index contributed by atoms with van der Waals surface area (Å²) in [7, 11) is 0. The fourth-order valence-corrected chi connectivity index (χ4v) is 1.11.